The lowest BCUT2D eigenvalue weighted by Gasteiger charge is -2.27. The van der Waals surface area contributed by atoms with Crippen LogP contribution in [0.4, 0.5) is 11.6 Å². The molecule has 0 aliphatic carbocycles. The van der Waals surface area contributed by atoms with Crippen LogP contribution in [0.25, 0.3) is 0 Å². The Labute approximate surface area is 103 Å². The second-order valence-corrected chi connectivity index (χ2v) is 4.81. The average molecular weight is 237 g/mol. The number of nitrogen functional groups attached to an aromatic ring is 1. The summed E-state index contributed by atoms with van der Waals surface area (Å²) in [5, 5.41) is 3.47. The Balaban J connectivity index is 2.98. The Morgan fingerprint density at radius 3 is 2.41 bits per heavy atom. The van der Waals surface area contributed by atoms with E-state index in [4.69, 9.17) is 5.84 Å². The summed E-state index contributed by atoms with van der Waals surface area (Å²) in [6.45, 7) is 8.59. The van der Waals surface area contributed by atoms with Crippen LogP contribution in [0.3, 0.4) is 0 Å². The minimum atomic E-state index is 0.0267. The molecule has 17 heavy (non-hydrogen) atoms. The van der Waals surface area contributed by atoms with E-state index >= 15 is 0 Å². The van der Waals surface area contributed by atoms with Gasteiger partial charge in [0.05, 0.1) is 0 Å². The lowest BCUT2D eigenvalue weighted by atomic mass is 9.98. The van der Waals surface area contributed by atoms with Gasteiger partial charge in [-0.1, -0.05) is 20.3 Å². The Kier molecular flexibility index (Phi) is 4.69. The van der Waals surface area contributed by atoms with Gasteiger partial charge in [0, 0.05) is 11.1 Å². The van der Waals surface area contributed by atoms with Gasteiger partial charge >= 0.3 is 0 Å². The molecule has 1 aromatic heterocycles. The molecule has 0 amide bonds. The molecule has 0 saturated carbocycles. The topological polar surface area (TPSA) is 75.9 Å². The zero-order valence-electron chi connectivity index (χ0n) is 11.2. The maximum atomic E-state index is 5.45. The summed E-state index contributed by atoms with van der Waals surface area (Å²) in [5.74, 6) is 7.01. The fraction of sp³-hybridized carbons (Fsp3) is 0.667. The molecule has 0 saturated heterocycles. The number of hydrogen-bond donors (Lipinski definition) is 3. The first kappa shape index (κ1) is 13.7. The van der Waals surface area contributed by atoms with Crippen molar-refractivity contribution in [3.05, 3.63) is 11.9 Å². The molecule has 0 unspecified atom stereocenters. The Morgan fingerprint density at radius 1 is 1.24 bits per heavy atom. The summed E-state index contributed by atoms with van der Waals surface area (Å²) in [5.41, 5.74) is 3.67. The second kappa shape index (κ2) is 5.82. The third kappa shape index (κ3) is 3.56. The molecular weight excluding hydrogens is 214 g/mol. The number of hydrazine groups is 1. The number of hydrogen-bond acceptors (Lipinski definition) is 5. The molecule has 0 aliphatic heterocycles. The molecule has 5 heteroatoms. The maximum Gasteiger partial charge on any atom is 0.148 e. The molecule has 4 N–H and O–H groups in total. The van der Waals surface area contributed by atoms with Crippen LogP contribution in [0, 0.1) is 0 Å². The first-order chi connectivity index (χ1) is 8.04. The lowest BCUT2D eigenvalue weighted by molar-refractivity contribution is 0.508. The molecule has 0 atom stereocenters. The van der Waals surface area contributed by atoms with Gasteiger partial charge < -0.3 is 10.7 Å². The van der Waals surface area contributed by atoms with Crippen LogP contribution >= 0.6 is 0 Å². The van der Waals surface area contributed by atoms with Gasteiger partial charge in [-0.15, -0.1) is 0 Å². The van der Waals surface area contributed by atoms with Gasteiger partial charge in [-0.3, -0.25) is 0 Å². The van der Waals surface area contributed by atoms with Crippen molar-refractivity contribution >= 4 is 11.6 Å². The third-order valence-corrected chi connectivity index (χ3v) is 2.77. The highest BCUT2D eigenvalue weighted by Gasteiger charge is 2.19. The molecule has 0 radical (unpaired) electrons. The van der Waals surface area contributed by atoms with Crippen LogP contribution in [0.1, 0.15) is 46.1 Å². The molecule has 0 fully saturated rings. The maximum absolute atomic E-state index is 5.45. The van der Waals surface area contributed by atoms with Gasteiger partial charge in [0.1, 0.15) is 18.0 Å². The van der Waals surface area contributed by atoms with Crippen molar-refractivity contribution in [1.29, 1.82) is 0 Å². The Hall–Kier alpha value is -1.36. The van der Waals surface area contributed by atoms with E-state index in [0.717, 1.165) is 30.6 Å². The largest absolute Gasteiger partial charge is 0.365 e. The zero-order valence-corrected chi connectivity index (χ0v) is 11.2. The smallest absolute Gasteiger partial charge is 0.148 e. The second-order valence-electron chi connectivity index (χ2n) is 4.81. The summed E-state index contributed by atoms with van der Waals surface area (Å²) in [6, 6.07) is 0. The molecular formula is C12H23N5. The normalized spacial score (nSPS) is 11.4. The molecule has 1 heterocycles. The van der Waals surface area contributed by atoms with Crippen molar-refractivity contribution in [2.24, 2.45) is 5.84 Å². The standard InChI is InChI=1S/C12H23N5/c1-5-7-12(3,4)16-10-9(6-2)11(17-13)15-8-14-10/h8H,5-7,13H2,1-4H3,(H2,14,15,16,17). The van der Waals surface area contributed by atoms with E-state index in [9.17, 15) is 0 Å². The zero-order chi connectivity index (χ0) is 12.9. The van der Waals surface area contributed by atoms with Gasteiger partial charge in [-0.2, -0.15) is 0 Å². The van der Waals surface area contributed by atoms with Crippen molar-refractivity contribution in [3.8, 4) is 0 Å². The van der Waals surface area contributed by atoms with Crippen LogP contribution < -0.4 is 16.6 Å². The van der Waals surface area contributed by atoms with Gasteiger partial charge in [-0.25, -0.2) is 15.8 Å². The SMILES string of the molecule is CCCC(C)(C)Nc1ncnc(NN)c1CC. The van der Waals surface area contributed by atoms with E-state index in [-0.39, 0.29) is 5.54 Å². The van der Waals surface area contributed by atoms with E-state index in [1.165, 1.54) is 6.33 Å². The van der Waals surface area contributed by atoms with Crippen LogP contribution in [-0.4, -0.2) is 15.5 Å². The molecule has 96 valence electrons. The fourth-order valence-electron chi connectivity index (χ4n) is 1.99. The van der Waals surface area contributed by atoms with Crippen LogP contribution in [-0.2, 0) is 6.42 Å². The summed E-state index contributed by atoms with van der Waals surface area (Å²) in [6.07, 6.45) is 4.59. The predicted molar refractivity (Wildman–Crippen MR) is 71.8 cm³/mol. The van der Waals surface area contributed by atoms with Gasteiger partial charge in [-0.05, 0) is 26.7 Å². The number of rotatable bonds is 6. The van der Waals surface area contributed by atoms with Gasteiger partial charge in [0.25, 0.3) is 0 Å². The summed E-state index contributed by atoms with van der Waals surface area (Å²) in [4.78, 5) is 8.43. The summed E-state index contributed by atoms with van der Waals surface area (Å²) < 4.78 is 0. The van der Waals surface area contributed by atoms with Gasteiger partial charge in [0.2, 0.25) is 0 Å². The number of nitrogens with zero attached hydrogens (tertiary/aromatic N) is 2. The first-order valence-corrected chi connectivity index (χ1v) is 6.12. The van der Waals surface area contributed by atoms with Crippen LogP contribution in [0.15, 0.2) is 6.33 Å². The number of aromatic nitrogens is 2. The van der Waals surface area contributed by atoms with E-state index in [2.05, 4.69) is 48.4 Å². The molecule has 1 rings (SSSR count). The highest BCUT2D eigenvalue weighted by molar-refractivity contribution is 5.57. The van der Waals surface area contributed by atoms with Crippen molar-refractivity contribution in [3.63, 3.8) is 0 Å². The van der Waals surface area contributed by atoms with Gasteiger partial charge in [0.15, 0.2) is 0 Å². The predicted octanol–water partition coefficient (Wildman–Crippen LogP) is 2.32. The number of nitrogens with two attached hydrogens (primary N) is 1. The molecule has 0 spiro atoms. The Morgan fingerprint density at radius 2 is 1.88 bits per heavy atom. The van der Waals surface area contributed by atoms with E-state index in [1.807, 2.05) is 0 Å². The minimum absolute atomic E-state index is 0.0267. The number of nitrogens with one attached hydrogen (secondary N) is 2. The summed E-state index contributed by atoms with van der Waals surface area (Å²) in [7, 11) is 0. The van der Waals surface area contributed by atoms with E-state index in [0.29, 0.717) is 5.82 Å². The quantitative estimate of drug-likeness (QED) is 0.523. The van der Waals surface area contributed by atoms with Crippen molar-refractivity contribution in [2.75, 3.05) is 10.7 Å². The van der Waals surface area contributed by atoms with Crippen molar-refractivity contribution < 1.29 is 0 Å². The van der Waals surface area contributed by atoms with Crippen LogP contribution in [0.2, 0.25) is 0 Å². The highest BCUT2D eigenvalue weighted by atomic mass is 15.3. The number of anilines is 2. The third-order valence-electron chi connectivity index (χ3n) is 2.77. The van der Waals surface area contributed by atoms with E-state index < -0.39 is 0 Å². The monoisotopic (exact) mass is 237 g/mol. The highest BCUT2D eigenvalue weighted by Crippen LogP contribution is 2.24. The average Bonchev–Trinajstić information content (AvgIpc) is 2.27. The molecule has 0 aliphatic rings. The van der Waals surface area contributed by atoms with Crippen LogP contribution in [0.5, 0.6) is 0 Å². The lowest BCUT2D eigenvalue weighted by Crippen LogP contribution is -2.31. The summed E-state index contributed by atoms with van der Waals surface area (Å²) >= 11 is 0. The molecule has 0 bridgehead atoms. The minimum Gasteiger partial charge on any atom is -0.365 e. The first-order valence-electron chi connectivity index (χ1n) is 6.12. The van der Waals surface area contributed by atoms with E-state index in [1.54, 1.807) is 0 Å². The molecule has 5 nitrogen and oxygen atoms in total. The molecule has 0 aromatic carbocycles. The van der Waals surface area contributed by atoms with Crippen molar-refractivity contribution in [2.45, 2.75) is 52.5 Å². The molecule has 1 aromatic rings. The Bertz CT molecular complexity index is 362. The van der Waals surface area contributed by atoms with Crippen molar-refractivity contribution in [1.82, 2.24) is 9.97 Å². The fourth-order valence-corrected chi connectivity index (χ4v) is 1.99.